The zero-order valence-corrected chi connectivity index (χ0v) is 13.3. The number of amides is 1. The van der Waals surface area contributed by atoms with Crippen LogP contribution in [0.4, 0.5) is 10.5 Å². The molecule has 2 aromatic rings. The average molecular weight is 299 g/mol. The SMILES string of the molecule is Cc1cccc(Oc2ccccc2NC(=O)OC(C)(C)C)c1. The first-order valence-electron chi connectivity index (χ1n) is 7.17. The van der Waals surface area contributed by atoms with Crippen molar-refractivity contribution in [2.45, 2.75) is 33.3 Å². The molecule has 2 aromatic carbocycles. The molecule has 1 N–H and O–H groups in total. The summed E-state index contributed by atoms with van der Waals surface area (Å²) in [5, 5.41) is 2.72. The molecule has 0 aliphatic heterocycles. The summed E-state index contributed by atoms with van der Waals surface area (Å²) >= 11 is 0. The van der Waals surface area contributed by atoms with Crippen LogP contribution in [-0.4, -0.2) is 11.7 Å². The number of hydrogen-bond acceptors (Lipinski definition) is 3. The lowest BCUT2D eigenvalue weighted by Gasteiger charge is -2.20. The number of hydrogen-bond donors (Lipinski definition) is 1. The van der Waals surface area contributed by atoms with Crippen molar-refractivity contribution in [1.82, 2.24) is 0 Å². The molecular weight excluding hydrogens is 278 g/mol. The maximum Gasteiger partial charge on any atom is 0.412 e. The highest BCUT2D eigenvalue weighted by Gasteiger charge is 2.17. The Kier molecular flexibility index (Phi) is 4.71. The normalized spacial score (nSPS) is 10.9. The van der Waals surface area contributed by atoms with Gasteiger partial charge < -0.3 is 9.47 Å². The predicted octanol–water partition coefficient (Wildman–Crippen LogP) is 5.13. The fraction of sp³-hybridized carbons (Fsp3) is 0.278. The van der Waals surface area contributed by atoms with Gasteiger partial charge in [0, 0.05) is 0 Å². The van der Waals surface area contributed by atoms with Crippen LogP contribution in [0, 0.1) is 6.92 Å². The molecule has 0 aromatic heterocycles. The van der Waals surface area contributed by atoms with Crippen LogP contribution >= 0.6 is 0 Å². The molecule has 1 amide bonds. The summed E-state index contributed by atoms with van der Waals surface area (Å²) in [4.78, 5) is 11.9. The maximum absolute atomic E-state index is 11.9. The Bertz CT molecular complexity index is 659. The molecule has 0 aliphatic carbocycles. The van der Waals surface area contributed by atoms with Gasteiger partial charge in [-0.15, -0.1) is 0 Å². The summed E-state index contributed by atoms with van der Waals surface area (Å²) in [6.45, 7) is 7.46. The van der Waals surface area contributed by atoms with Crippen molar-refractivity contribution in [1.29, 1.82) is 0 Å². The zero-order valence-electron chi connectivity index (χ0n) is 13.3. The number of ether oxygens (including phenoxy) is 2. The summed E-state index contributed by atoms with van der Waals surface area (Å²) in [5.74, 6) is 1.29. The first-order chi connectivity index (χ1) is 10.3. The maximum atomic E-state index is 11.9. The Morgan fingerprint density at radius 2 is 1.77 bits per heavy atom. The molecule has 22 heavy (non-hydrogen) atoms. The predicted molar refractivity (Wildman–Crippen MR) is 87.6 cm³/mol. The van der Waals surface area contributed by atoms with E-state index in [1.165, 1.54) is 0 Å². The van der Waals surface area contributed by atoms with E-state index in [9.17, 15) is 4.79 Å². The molecule has 0 unspecified atom stereocenters. The quantitative estimate of drug-likeness (QED) is 0.854. The van der Waals surface area contributed by atoms with E-state index in [1.54, 1.807) is 12.1 Å². The van der Waals surface area contributed by atoms with Gasteiger partial charge in [-0.25, -0.2) is 4.79 Å². The van der Waals surface area contributed by atoms with Crippen molar-refractivity contribution in [2.75, 3.05) is 5.32 Å². The Balaban J connectivity index is 2.15. The summed E-state index contributed by atoms with van der Waals surface area (Å²) in [6, 6.07) is 15.0. The first-order valence-corrected chi connectivity index (χ1v) is 7.17. The monoisotopic (exact) mass is 299 g/mol. The lowest BCUT2D eigenvalue weighted by Crippen LogP contribution is -2.27. The van der Waals surface area contributed by atoms with E-state index in [0.29, 0.717) is 11.4 Å². The first kappa shape index (κ1) is 15.9. The van der Waals surface area contributed by atoms with Gasteiger partial charge in [0.15, 0.2) is 5.75 Å². The third-order valence-electron chi connectivity index (χ3n) is 2.74. The zero-order chi connectivity index (χ0) is 16.2. The number of carbonyl (C=O) groups excluding carboxylic acids is 1. The average Bonchev–Trinajstić information content (AvgIpc) is 2.39. The van der Waals surface area contributed by atoms with Crippen LogP contribution in [0.15, 0.2) is 48.5 Å². The minimum Gasteiger partial charge on any atom is -0.455 e. The van der Waals surface area contributed by atoms with E-state index < -0.39 is 11.7 Å². The van der Waals surface area contributed by atoms with E-state index >= 15 is 0 Å². The van der Waals surface area contributed by atoms with Crippen LogP contribution in [0.1, 0.15) is 26.3 Å². The van der Waals surface area contributed by atoms with Crippen LogP contribution in [0.5, 0.6) is 11.5 Å². The van der Waals surface area contributed by atoms with Gasteiger partial charge in [0.1, 0.15) is 11.4 Å². The molecule has 116 valence electrons. The van der Waals surface area contributed by atoms with Crippen molar-refractivity contribution in [3.63, 3.8) is 0 Å². The number of benzene rings is 2. The van der Waals surface area contributed by atoms with E-state index in [-0.39, 0.29) is 0 Å². The summed E-state index contributed by atoms with van der Waals surface area (Å²) < 4.78 is 11.1. The molecule has 0 spiro atoms. The van der Waals surface area contributed by atoms with Gasteiger partial charge in [0.25, 0.3) is 0 Å². The van der Waals surface area contributed by atoms with Crippen LogP contribution in [0.2, 0.25) is 0 Å². The summed E-state index contributed by atoms with van der Waals surface area (Å²) in [5.41, 5.74) is 1.13. The van der Waals surface area contributed by atoms with Crippen molar-refractivity contribution >= 4 is 11.8 Å². The fourth-order valence-corrected chi connectivity index (χ4v) is 1.88. The minimum atomic E-state index is -0.545. The third-order valence-corrected chi connectivity index (χ3v) is 2.74. The van der Waals surface area contributed by atoms with Gasteiger partial charge in [0.2, 0.25) is 0 Å². The number of carbonyl (C=O) groups is 1. The summed E-state index contributed by atoms with van der Waals surface area (Å²) in [7, 11) is 0. The second kappa shape index (κ2) is 6.52. The van der Waals surface area contributed by atoms with Gasteiger partial charge in [-0.3, -0.25) is 5.32 Å². The highest BCUT2D eigenvalue weighted by atomic mass is 16.6. The Morgan fingerprint density at radius 3 is 2.45 bits per heavy atom. The van der Waals surface area contributed by atoms with Crippen LogP contribution < -0.4 is 10.1 Å². The number of anilines is 1. The van der Waals surface area contributed by atoms with Crippen LogP contribution in [-0.2, 0) is 4.74 Å². The van der Waals surface area contributed by atoms with Gasteiger partial charge in [-0.1, -0.05) is 24.3 Å². The van der Waals surface area contributed by atoms with Crippen molar-refractivity contribution < 1.29 is 14.3 Å². The molecule has 4 nitrogen and oxygen atoms in total. The molecule has 0 atom stereocenters. The highest BCUT2D eigenvalue weighted by molar-refractivity contribution is 5.87. The molecule has 0 radical (unpaired) electrons. The van der Waals surface area contributed by atoms with Crippen LogP contribution in [0.25, 0.3) is 0 Å². The molecule has 0 saturated heterocycles. The fourth-order valence-electron chi connectivity index (χ4n) is 1.88. The van der Waals surface area contributed by atoms with Gasteiger partial charge in [-0.2, -0.15) is 0 Å². The molecule has 0 heterocycles. The number of para-hydroxylation sites is 2. The molecule has 4 heteroatoms. The van der Waals surface area contributed by atoms with Gasteiger partial charge in [-0.05, 0) is 57.5 Å². The van der Waals surface area contributed by atoms with Crippen molar-refractivity contribution in [3.05, 3.63) is 54.1 Å². The molecule has 0 bridgehead atoms. The number of nitrogens with one attached hydrogen (secondary N) is 1. The van der Waals surface area contributed by atoms with Crippen molar-refractivity contribution in [3.8, 4) is 11.5 Å². The highest BCUT2D eigenvalue weighted by Crippen LogP contribution is 2.30. The van der Waals surface area contributed by atoms with E-state index in [2.05, 4.69) is 5.32 Å². The molecule has 0 aliphatic rings. The number of rotatable bonds is 3. The molecule has 0 fully saturated rings. The third kappa shape index (κ3) is 4.81. The molecular formula is C18H21NO3. The van der Waals surface area contributed by atoms with E-state index in [1.807, 2.05) is 64.1 Å². The second-order valence-corrected chi connectivity index (χ2v) is 6.04. The Hall–Kier alpha value is -2.49. The van der Waals surface area contributed by atoms with E-state index in [4.69, 9.17) is 9.47 Å². The lowest BCUT2D eigenvalue weighted by molar-refractivity contribution is 0.0635. The Morgan fingerprint density at radius 1 is 1.05 bits per heavy atom. The standard InChI is InChI=1S/C18H21NO3/c1-13-8-7-9-14(12-13)21-16-11-6-5-10-15(16)19-17(20)22-18(2,3)4/h5-12H,1-4H3,(H,19,20). The minimum absolute atomic E-state index is 0.507. The largest absolute Gasteiger partial charge is 0.455 e. The second-order valence-electron chi connectivity index (χ2n) is 6.04. The summed E-state index contributed by atoms with van der Waals surface area (Å²) in [6.07, 6.45) is -0.507. The van der Waals surface area contributed by atoms with E-state index in [0.717, 1.165) is 11.3 Å². The van der Waals surface area contributed by atoms with Gasteiger partial charge >= 0.3 is 6.09 Å². The smallest absolute Gasteiger partial charge is 0.412 e. The number of aryl methyl sites for hydroxylation is 1. The molecule has 0 saturated carbocycles. The topological polar surface area (TPSA) is 47.6 Å². The lowest BCUT2D eigenvalue weighted by atomic mass is 10.2. The van der Waals surface area contributed by atoms with Gasteiger partial charge in [0.05, 0.1) is 5.69 Å². The van der Waals surface area contributed by atoms with Crippen LogP contribution in [0.3, 0.4) is 0 Å². The molecule has 2 rings (SSSR count). The Labute approximate surface area is 131 Å². The van der Waals surface area contributed by atoms with Crippen molar-refractivity contribution in [2.24, 2.45) is 0 Å².